The second-order valence-corrected chi connectivity index (χ2v) is 7.26. The number of ether oxygens (including phenoxy) is 2. The molecular formula is C19H17Cl3N2O4. The van der Waals surface area contributed by atoms with Crippen molar-refractivity contribution in [1.29, 1.82) is 0 Å². The Balaban J connectivity index is 1.64. The standard InChI is InChI=1S/C19H17Cl3N2O4/c20-13-2-4-17(15(22)10-13)28-11-18(25)23-16-9-12(1-3-14(16)21)19(26)24-5-7-27-8-6-24/h1-4,9-10H,5-8,11H2,(H,23,25). The summed E-state index contributed by atoms with van der Waals surface area (Å²) in [6.07, 6.45) is 0. The van der Waals surface area contributed by atoms with Crippen molar-refractivity contribution >= 4 is 52.3 Å². The number of nitrogens with one attached hydrogen (secondary N) is 1. The van der Waals surface area contributed by atoms with Gasteiger partial charge in [-0.25, -0.2) is 0 Å². The molecule has 0 spiro atoms. The van der Waals surface area contributed by atoms with Gasteiger partial charge in [-0.2, -0.15) is 0 Å². The largest absolute Gasteiger partial charge is 0.482 e. The molecule has 2 aromatic carbocycles. The fraction of sp³-hybridized carbons (Fsp3) is 0.263. The highest BCUT2D eigenvalue weighted by Crippen LogP contribution is 2.28. The SMILES string of the molecule is O=C(COc1ccc(Cl)cc1Cl)Nc1cc(C(=O)N2CCOCC2)ccc1Cl. The van der Waals surface area contributed by atoms with E-state index in [9.17, 15) is 9.59 Å². The summed E-state index contributed by atoms with van der Waals surface area (Å²) in [7, 11) is 0. The quantitative estimate of drug-likeness (QED) is 0.754. The fourth-order valence-electron chi connectivity index (χ4n) is 2.62. The first-order chi connectivity index (χ1) is 13.4. The van der Waals surface area contributed by atoms with Crippen molar-refractivity contribution in [3.8, 4) is 5.75 Å². The first-order valence-electron chi connectivity index (χ1n) is 8.48. The number of amides is 2. The maximum Gasteiger partial charge on any atom is 0.262 e. The van der Waals surface area contributed by atoms with Crippen LogP contribution in [-0.4, -0.2) is 49.6 Å². The van der Waals surface area contributed by atoms with Gasteiger partial charge in [0.25, 0.3) is 11.8 Å². The molecule has 0 radical (unpaired) electrons. The van der Waals surface area contributed by atoms with Gasteiger partial charge in [-0.1, -0.05) is 34.8 Å². The molecule has 0 aliphatic carbocycles. The Morgan fingerprint density at radius 3 is 2.50 bits per heavy atom. The molecule has 2 aromatic rings. The van der Waals surface area contributed by atoms with E-state index in [1.807, 2.05) is 0 Å². The Labute approximate surface area is 177 Å². The smallest absolute Gasteiger partial charge is 0.262 e. The van der Waals surface area contributed by atoms with Gasteiger partial charge in [-0.3, -0.25) is 9.59 Å². The summed E-state index contributed by atoms with van der Waals surface area (Å²) in [6, 6.07) is 9.45. The molecule has 1 heterocycles. The fourth-order valence-corrected chi connectivity index (χ4v) is 3.25. The van der Waals surface area contributed by atoms with E-state index >= 15 is 0 Å². The van der Waals surface area contributed by atoms with Gasteiger partial charge in [0.1, 0.15) is 5.75 Å². The van der Waals surface area contributed by atoms with E-state index in [1.165, 1.54) is 6.07 Å². The van der Waals surface area contributed by atoms with Gasteiger partial charge < -0.3 is 19.7 Å². The average Bonchev–Trinajstić information content (AvgIpc) is 2.69. The average molecular weight is 444 g/mol. The second-order valence-electron chi connectivity index (χ2n) is 6.01. The third kappa shape index (κ3) is 5.29. The Hall–Kier alpha value is -1.99. The van der Waals surface area contributed by atoms with Crippen LogP contribution in [0.4, 0.5) is 5.69 Å². The number of hydrogen-bond acceptors (Lipinski definition) is 4. The molecule has 1 aliphatic rings. The summed E-state index contributed by atoms with van der Waals surface area (Å²) in [5.41, 5.74) is 0.764. The summed E-state index contributed by atoms with van der Waals surface area (Å²) >= 11 is 18.0. The first-order valence-corrected chi connectivity index (χ1v) is 9.61. The number of carbonyl (C=O) groups is 2. The monoisotopic (exact) mass is 442 g/mol. The van der Waals surface area contributed by atoms with Crippen LogP contribution in [0.2, 0.25) is 15.1 Å². The number of carbonyl (C=O) groups excluding carboxylic acids is 2. The van der Waals surface area contributed by atoms with E-state index in [1.54, 1.807) is 35.2 Å². The molecule has 0 aromatic heterocycles. The zero-order chi connectivity index (χ0) is 20.1. The zero-order valence-electron chi connectivity index (χ0n) is 14.7. The number of hydrogen-bond donors (Lipinski definition) is 1. The zero-order valence-corrected chi connectivity index (χ0v) is 17.0. The molecule has 1 fully saturated rings. The topological polar surface area (TPSA) is 67.9 Å². The molecule has 0 unspecified atom stereocenters. The van der Waals surface area contributed by atoms with Gasteiger partial charge in [0.15, 0.2) is 6.61 Å². The number of rotatable bonds is 5. The van der Waals surface area contributed by atoms with Crippen LogP contribution in [0.1, 0.15) is 10.4 Å². The molecule has 0 atom stereocenters. The van der Waals surface area contributed by atoms with E-state index in [0.717, 1.165) is 0 Å². The van der Waals surface area contributed by atoms with Gasteiger partial charge >= 0.3 is 0 Å². The molecule has 0 bridgehead atoms. The van der Waals surface area contributed by atoms with E-state index in [0.29, 0.717) is 58.4 Å². The summed E-state index contributed by atoms with van der Waals surface area (Å²) in [5.74, 6) is -0.243. The Bertz CT molecular complexity index is 885. The van der Waals surface area contributed by atoms with Crippen molar-refractivity contribution in [2.75, 3.05) is 38.2 Å². The minimum atomic E-state index is -0.441. The van der Waals surface area contributed by atoms with Crippen LogP contribution in [0.15, 0.2) is 36.4 Å². The third-order valence-electron chi connectivity index (χ3n) is 4.04. The summed E-state index contributed by atoms with van der Waals surface area (Å²) in [4.78, 5) is 26.5. The van der Waals surface area contributed by atoms with E-state index < -0.39 is 5.91 Å². The van der Waals surface area contributed by atoms with Crippen molar-refractivity contribution < 1.29 is 19.1 Å². The van der Waals surface area contributed by atoms with Crippen LogP contribution in [0.3, 0.4) is 0 Å². The number of anilines is 1. The second kappa shape index (κ2) is 9.47. The van der Waals surface area contributed by atoms with Gasteiger partial charge in [0.05, 0.1) is 28.9 Å². The Morgan fingerprint density at radius 2 is 1.79 bits per heavy atom. The minimum absolute atomic E-state index is 0.139. The maximum atomic E-state index is 12.6. The van der Waals surface area contributed by atoms with Gasteiger partial charge in [-0.05, 0) is 36.4 Å². The van der Waals surface area contributed by atoms with Gasteiger partial charge in [0, 0.05) is 23.7 Å². The molecule has 1 N–H and O–H groups in total. The minimum Gasteiger partial charge on any atom is -0.482 e. The third-order valence-corrected chi connectivity index (χ3v) is 4.90. The van der Waals surface area contributed by atoms with Crippen LogP contribution >= 0.6 is 34.8 Å². The molecular weight excluding hydrogens is 427 g/mol. The van der Waals surface area contributed by atoms with Crippen LogP contribution in [-0.2, 0) is 9.53 Å². The lowest BCUT2D eigenvalue weighted by molar-refractivity contribution is -0.118. The van der Waals surface area contributed by atoms with Gasteiger partial charge in [0.2, 0.25) is 0 Å². The number of benzene rings is 2. The van der Waals surface area contributed by atoms with Crippen LogP contribution in [0.25, 0.3) is 0 Å². The van der Waals surface area contributed by atoms with Crippen molar-refractivity contribution in [3.05, 3.63) is 57.0 Å². The predicted octanol–water partition coefficient (Wildman–Crippen LogP) is 4.14. The number of morpholine rings is 1. The van der Waals surface area contributed by atoms with Crippen LogP contribution in [0, 0.1) is 0 Å². The van der Waals surface area contributed by atoms with Crippen molar-refractivity contribution in [1.82, 2.24) is 4.90 Å². The highest BCUT2D eigenvalue weighted by Gasteiger charge is 2.20. The molecule has 1 saturated heterocycles. The normalized spacial score (nSPS) is 13.9. The van der Waals surface area contributed by atoms with E-state index in [-0.39, 0.29) is 12.5 Å². The molecule has 9 heteroatoms. The Kier molecular flexibility index (Phi) is 7.02. The maximum absolute atomic E-state index is 12.6. The predicted molar refractivity (Wildman–Crippen MR) is 109 cm³/mol. The lowest BCUT2D eigenvalue weighted by atomic mass is 10.1. The lowest BCUT2D eigenvalue weighted by Gasteiger charge is -2.27. The highest BCUT2D eigenvalue weighted by molar-refractivity contribution is 6.35. The lowest BCUT2D eigenvalue weighted by Crippen LogP contribution is -2.40. The molecule has 2 amide bonds. The molecule has 6 nitrogen and oxygen atoms in total. The Morgan fingerprint density at radius 1 is 1.04 bits per heavy atom. The van der Waals surface area contributed by atoms with E-state index in [4.69, 9.17) is 44.3 Å². The summed E-state index contributed by atoms with van der Waals surface area (Å²) in [5, 5.41) is 3.74. The highest BCUT2D eigenvalue weighted by atomic mass is 35.5. The van der Waals surface area contributed by atoms with E-state index in [2.05, 4.69) is 5.32 Å². The molecule has 1 aliphatic heterocycles. The van der Waals surface area contributed by atoms with Crippen LogP contribution in [0.5, 0.6) is 5.75 Å². The molecule has 0 saturated carbocycles. The number of halogens is 3. The molecule has 3 rings (SSSR count). The van der Waals surface area contributed by atoms with Crippen molar-refractivity contribution in [2.24, 2.45) is 0 Å². The van der Waals surface area contributed by atoms with Crippen molar-refractivity contribution in [3.63, 3.8) is 0 Å². The van der Waals surface area contributed by atoms with Crippen LogP contribution < -0.4 is 10.1 Å². The van der Waals surface area contributed by atoms with Crippen molar-refractivity contribution in [2.45, 2.75) is 0 Å². The summed E-state index contributed by atoms with van der Waals surface area (Å²) in [6.45, 7) is 1.79. The van der Waals surface area contributed by atoms with Gasteiger partial charge in [-0.15, -0.1) is 0 Å². The summed E-state index contributed by atoms with van der Waals surface area (Å²) < 4.78 is 10.7. The molecule has 28 heavy (non-hydrogen) atoms. The number of nitrogens with zero attached hydrogens (tertiary/aromatic N) is 1. The first kappa shape index (κ1) is 20.7. The molecule has 148 valence electrons.